The van der Waals surface area contributed by atoms with Crippen LogP contribution in [0.3, 0.4) is 0 Å². The fourth-order valence-electron chi connectivity index (χ4n) is 0.989. The highest BCUT2D eigenvalue weighted by atomic mass is 19.1. The molecule has 12 heavy (non-hydrogen) atoms. The Morgan fingerprint density at radius 3 is 2.58 bits per heavy atom. The van der Waals surface area contributed by atoms with Gasteiger partial charge in [-0.25, -0.2) is 4.39 Å². The van der Waals surface area contributed by atoms with E-state index >= 15 is 0 Å². The monoisotopic (exact) mass is 170 g/mol. The van der Waals surface area contributed by atoms with Gasteiger partial charge in [-0.05, 0) is 13.0 Å². The second kappa shape index (κ2) is 2.98. The van der Waals surface area contributed by atoms with E-state index in [1.807, 2.05) is 0 Å². The summed E-state index contributed by atoms with van der Waals surface area (Å²) >= 11 is 0. The van der Waals surface area contributed by atoms with Gasteiger partial charge < -0.3 is 16.6 Å². The molecule has 4 heteroatoms. The van der Waals surface area contributed by atoms with Gasteiger partial charge in [-0.2, -0.15) is 0 Å². The van der Waals surface area contributed by atoms with Gasteiger partial charge in [-0.3, -0.25) is 0 Å². The van der Waals surface area contributed by atoms with Crippen molar-refractivity contribution in [1.29, 1.82) is 0 Å². The molecular formula is C8H11FN2O. The average Bonchev–Trinajstić information content (AvgIpc) is 1.96. The van der Waals surface area contributed by atoms with E-state index in [0.717, 1.165) is 6.07 Å². The molecule has 66 valence electrons. The Bertz CT molecular complexity index is 299. The normalized spacial score (nSPS) is 12.9. The van der Waals surface area contributed by atoms with Gasteiger partial charge in [0.05, 0.1) is 0 Å². The number of rotatable bonds is 1. The molecule has 0 amide bonds. The Labute approximate surface area is 69.8 Å². The summed E-state index contributed by atoms with van der Waals surface area (Å²) in [6, 6.07) is 2.09. The van der Waals surface area contributed by atoms with Crippen molar-refractivity contribution in [2.24, 2.45) is 5.73 Å². The molecule has 0 radical (unpaired) electrons. The molecule has 0 aliphatic carbocycles. The zero-order chi connectivity index (χ0) is 9.30. The minimum Gasteiger partial charge on any atom is -0.505 e. The van der Waals surface area contributed by atoms with E-state index in [-0.39, 0.29) is 5.69 Å². The highest BCUT2D eigenvalue weighted by Gasteiger charge is 2.11. The van der Waals surface area contributed by atoms with E-state index in [1.54, 1.807) is 6.92 Å². The first-order chi connectivity index (χ1) is 5.52. The van der Waals surface area contributed by atoms with Crippen molar-refractivity contribution in [3.05, 3.63) is 23.5 Å². The Hall–Kier alpha value is -1.29. The minimum atomic E-state index is -0.734. The number of hydrogen-bond donors (Lipinski definition) is 3. The van der Waals surface area contributed by atoms with Crippen LogP contribution in [0.4, 0.5) is 10.1 Å². The van der Waals surface area contributed by atoms with E-state index in [0.29, 0.717) is 5.56 Å². The maximum absolute atomic E-state index is 12.8. The van der Waals surface area contributed by atoms with E-state index in [9.17, 15) is 9.50 Å². The van der Waals surface area contributed by atoms with E-state index in [1.165, 1.54) is 6.07 Å². The molecule has 1 aromatic rings. The Kier molecular flexibility index (Phi) is 2.19. The lowest BCUT2D eigenvalue weighted by Crippen LogP contribution is -2.06. The van der Waals surface area contributed by atoms with Crippen molar-refractivity contribution in [3.8, 4) is 5.75 Å². The van der Waals surface area contributed by atoms with Gasteiger partial charge in [-0.1, -0.05) is 0 Å². The molecule has 1 rings (SSSR count). The van der Waals surface area contributed by atoms with Crippen LogP contribution in [0.5, 0.6) is 5.75 Å². The predicted octanol–water partition coefficient (Wildman–Crippen LogP) is 1.13. The summed E-state index contributed by atoms with van der Waals surface area (Å²) in [5, 5.41) is 9.18. The average molecular weight is 170 g/mol. The van der Waals surface area contributed by atoms with Crippen molar-refractivity contribution in [2.45, 2.75) is 13.0 Å². The summed E-state index contributed by atoms with van der Waals surface area (Å²) in [5.41, 5.74) is 11.4. The van der Waals surface area contributed by atoms with E-state index in [4.69, 9.17) is 11.5 Å². The second-order valence-electron chi connectivity index (χ2n) is 2.73. The molecule has 0 aromatic heterocycles. The maximum atomic E-state index is 12.8. The standard InChI is InChI=1S/C8H11FN2O/c1-4(10)6-2-5(11)3-7(9)8(6)12/h2-4,12H,10-11H2,1H3/t4-/m1/s1. The van der Waals surface area contributed by atoms with Gasteiger partial charge in [0.15, 0.2) is 11.6 Å². The summed E-state index contributed by atoms with van der Waals surface area (Å²) in [6.45, 7) is 1.65. The number of phenols is 1. The number of nitrogen functional groups attached to an aromatic ring is 1. The van der Waals surface area contributed by atoms with Crippen molar-refractivity contribution in [3.63, 3.8) is 0 Å². The Morgan fingerprint density at radius 2 is 2.08 bits per heavy atom. The molecule has 0 aliphatic heterocycles. The number of hydrogen-bond acceptors (Lipinski definition) is 3. The topological polar surface area (TPSA) is 72.3 Å². The Balaban J connectivity index is 3.28. The Morgan fingerprint density at radius 1 is 1.50 bits per heavy atom. The smallest absolute Gasteiger partial charge is 0.167 e. The molecule has 0 fully saturated rings. The third kappa shape index (κ3) is 1.48. The number of benzene rings is 1. The third-order valence-corrected chi connectivity index (χ3v) is 1.61. The predicted molar refractivity (Wildman–Crippen MR) is 45.1 cm³/mol. The van der Waals surface area contributed by atoms with Gasteiger partial charge in [0.1, 0.15) is 0 Å². The summed E-state index contributed by atoms with van der Waals surface area (Å²) in [5.74, 6) is -1.15. The number of nitrogens with two attached hydrogens (primary N) is 2. The lowest BCUT2D eigenvalue weighted by Gasteiger charge is -2.09. The second-order valence-corrected chi connectivity index (χ2v) is 2.73. The van der Waals surface area contributed by atoms with Crippen LogP contribution in [0, 0.1) is 5.82 Å². The SMILES string of the molecule is C[C@@H](N)c1cc(N)cc(F)c1O. The molecule has 0 aliphatic rings. The minimum absolute atomic E-state index is 0.262. The molecule has 0 saturated heterocycles. The number of aromatic hydroxyl groups is 1. The van der Waals surface area contributed by atoms with Crippen molar-refractivity contribution in [2.75, 3.05) is 5.73 Å². The van der Waals surface area contributed by atoms with Crippen LogP contribution in [-0.4, -0.2) is 5.11 Å². The lowest BCUT2D eigenvalue weighted by atomic mass is 10.1. The highest BCUT2D eigenvalue weighted by Crippen LogP contribution is 2.27. The first-order valence-electron chi connectivity index (χ1n) is 3.56. The van der Waals surface area contributed by atoms with Crippen LogP contribution in [-0.2, 0) is 0 Å². The first kappa shape index (κ1) is 8.80. The molecule has 1 atom stereocenters. The molecule has 0 bridgehead atoms. The summed E-state index contributed by atoms with van der Waals surface area (Å²) in [4.78, 5) is 0. The number of phenolic OH excluding ortho intramolecular Hbond substituents is 1. The van der Waals surface area contributed by atoms with Crippen molar-refractivity contribution in [1.82, 2.24) is 0 Å². The van der Waals surface area contributed by atoms with Gasteiger partial charge in [0, 0.05) is 23.4 Å². The quantitative estimate of drug-likeness (QED) is 0.437. The van der Waals surface area contributed by atoms with Crippen LogP contribution in [0.1, 0.15) is 18.5 Å². The third-order valence-electron chi connectivity index (χ3n) is 1.61. The number of halogens is 1. The molecule has 0 saturated carbocycles. The maximum Gasteiger partial charge on any atom is 0.167 e. The molecule has 5 N–H and O–H groups in total. The summed E-state index contributed by atoms with van der Waals surface area (Å²) < 4.78 is 12.8. The highest BCUT2D eigenvalue weighted by molar-refractivity contribution is 5.49. The molecule has 0 heterocycles. The lowest BCUT2D eigenvalue weighted by molar-refractivity contribution is 0.422. The van der Waals surface area contributed by atoms with Crippen LogP contribution in [0.15, 0.2) is 12.1 Å². The molecule has 1 aromatic carbocycles. The zero-order valence-electron chi connectivity index (χ0n) is 6.71. The van der Waals surface area contributed by atoms with Crippen molar-refractivity contribution < 1.29 is 9.50 Å². The van der Waals surface area contributed by atoms with Crippen molar-refractivity contribution >= 4 is 5.69 Å². The fraction of sp³-hybridized carbons (Fsp3) is 0.250. The fourth-order valence-corrected chi connectivity index (χ4v) is 0.989. The first-order valence-corrected chi connectivity index (χ1v) is 3.56. The van der Waals surface area contributed by atoms with E-state index < -0.39 is 17.6 Å². The van der Waals surface area contributed by atoms with Gasteiger partial charge in [0.2, 0.25) is 0 Å². The molecule has 3 nitrogen and oxygen atoms in total. The van der Waals surface area contributed by atoms with Gasteiger partial charge in [0.25, 0.3) is 0 Å². The number of anilines is 1. The van der Waals surface area contributed by atoms with E-state index in [2.05, 4.69) is 0 Å². The summed E-state index contributed by atoms with van der Waals surface area (Å²) in [7, 11) is 0. The van der Waals surface area contributed by atoms with Crippen LogP contribution in [0.25, 0.3) is 0 Å². The van der Waals surface area contributed by atoms with Crippen LogP contribution in [0.2, 0.25) is 0 Å². The molecule has 0 spiro atoms. The van der Waals surface area contributed by atoms with Crippen LogP contribution >= 0.6 is 0 Å². The summed E-state index contributed by atoms with van der Waals surface area (Å²) in [6.07, 6.45) is 0. The van der Waals surface area contributed by atoms with Gasteiger partial charge >= 0.3 is 0 Å². The molecule has 0 unspecified atom stereocenters. The zero-order valence-corrected chi connectivity index (χ0v) is 6.71. The molecular weight excluding hydrogens is 159 g/mol. The largest absolute Gasteiger partial charge is 0.505 e. The van der Waals surface area contributed by atoms with Gasteiger partial charge in [-0.15, -0.1) is 0 Å². The van der Waals surface area contributed by atoms with Crippen LogP contribution < -0.4 is 11.5 Å².